The van der Waals surface area contributed by atoms with Gasteiger partial charge in [0, 0.05) is 20.1 Å². The lowest BCUT2D eigenvalue weighted by Crippen LogP contribution is -2.38. The van der Waals surface area contributed by atoms with Crippen LogP contribution in [0.1, 0.15) is 30.5 Å². The van der Waals surface area contributed by atoms with Gasteiger partial charge in [0.25, 0.3) is 0 Å². The van der Waals surface area contributed by atoms with Crippen molar-refractivity contribution in [3.63, 3.8) is 0 Å². The highest BCUT2D eigenvalue weighted by Gasteiger charge is 2.08. The predicted molar refractivity (Wildman–Crippen MR) is 106 cm³/mol. The van der Waals surface area contributed by atoms with Gasteiger partial charge in [-0.15, -0.1) is 0 Å². The van der Waals surface area contributed by atoms with Crippen LogP contribution in [0.5, 0.6) is 5.75 Å². The summed E-state index contributed by atoms with van der Waals surface area (Å²) in [6.45, 7) is 6.83. The zero-order chi connectivity index (χ0) is 18.8. The molecule has 5 heteroatoms. The number of hydrogen-bond donors (Lipinski definition) is 2. The van der Waals surface area contributed by atoms with E-state index in [9.17, 15) is 5.11 Å². The standard InChI is InChI=1S/C21H29N3O2/c1-4-22-21(23-14-18-8-6-7-9-19(18)16-25)24(3)15-17-10-12-20(13-11-17)26-5-2/h6-13,25H,4-5,14-16H2,1-3H3,(H,22,23). The first-order valence-electron chi connectivity index (χ1n) is 9.06. The second-order valence-electron chi connectivity index (χ2n) is 6.03. The topological polar surface area (TPSA) is 57.1 Å². The summed E-state index contributed by atoms with van der Waals surface area (Å²) in [5, 5.41) is 12.8. The largest absolute Gasteiger partial charge is 0.494 e. The normalized spacial score (nSPS) is 11.3. The molecule has 2 N–H and O–H groups in total. The SMILES string of the molecule is CCNC(=NCc1ccccc1CO)N(C)Cc1ccc(OCC)cc1. The molecule has 0 saturated carbocycles. The molecule has 140 valence electrons. The maximum atomic E-state index is 9.47. The Hall–Kier alpha value is -2.53. The minimum Gasteiger partial charge on any atom is -0.494 e. The van der Waals surface area contributed by atoms with E-state index < -0.39 is 0 Å². The van der Waals surface area contributed by atoms with Gasteiger partial charge in [0.2, 0.25) is 0 Å². The van der Waals surface area contributed by atoms with Gasteiger partial charge in [0.15, 0.2) is 5.96 Å². The zero-order valence-corrected chi connectivity index (χ0v) is 15.9. The maximum absolute atomic E-state index is 9.47. The lowest BCUT2D eigenvalue weighted by molar-refractivity contribution is 0.280. The van der Waals surface area contributed by atoms with Gasteiger partial charge in [-0.3, -0.25) is 0 Å². The Morgan fingerprint density at radius 2 is 1.77 bits per heavy atom. The predicted octanol–water partition coefficient (Wildman–Crippen LogP) is 3.18. The Kier molecular flexibility index (Phi) is 7.96. The van der Waals surface area contributed by atoms with E-state index in [1.54, 1.807) is 0 Å². The Balaban J connectivity index is 2.07. The van der Waals surface area contributed by atoms with Crippen LogP contribution in [0.15, 0.2) is 53.5 Å². The molecule has 2 rings (SSSR count). The average Bonchev–Trinajstić information content (AvgIpc) is 2.67. The summed E-state index contributed by atoms with van der Waals surface area (Å²) in [4.78, 5) is 6.83. The number of benzene rings is 2. The number of aliphatic hydroxyl groups excluding tert-OH is 1. The number of ether oxygens (including phenoxy) is 1. The van der Waals surface area contributed by atoms with E-state index in [0.717, 1.165) is 35.9 Å². The molecule has 0 fully saturated rings. The minimum absolute atomic E-state index is 0.0320. The van der Waals surface area contributed by atoms with Crippen molar-refractivity contribution in [1.29, 1.82) is 0 Å². The summed E-state index contributed by atoms with van der Waals surface area (Å²) in [7, 11) is 2.02. The summed E-state index contributed by atoms with van der Waals surface area (Å²) in [6, 6.07) is 16.0. The van der Waals surface area contributed by atoms with Crippen molar-refractivity contribution in [2.45, 2.75) is 33.5 Å². The molecule has 0 radical (unpaired) electrons. The van der Waals surface area contributed by atoms with Crippen LogP contribution in [0.4, 0.5) is 0 Å². The van der Waals surface area contributed by atoms with Crippen molar-refractivity contribution < 1.29 is 9.84 Å². The highest BCUT2D eigenvalue weighted by Crippen LogP contribution is 2.14. The summed E-state index contributed by atoms with van der Waals surface area (Å²) in [6.07, 6.45) is 0. The molecule has 0 bridgehead atoms. The molecular formula is C21H29N3O2. The lowest BCUT2D eigenvalue weighted by Gasteiger charge is -2.22. The number of aliphatic imine (C=N–C) groups is 1. The Labute approximate surface area is 156 Å². The fourth-order valence-electron chi connectivity index (χ4n) is 2.70. The molecule has 0 aliphatic heterocycles. The monoisotopic (exact) mass is 355 g/mol. The highest BCUT2D eigenvalue weighted by molar-refractivity contribution is 5.79. The van der Waals surface area contributed by atoms with Crippen molar-refractivity contribution in [1.82, 2.24) is 10.2 Å². The van der Waals surface area contributed by atoms with Crippen LogP contribution < -0.4 is 10.1 Å². The van der Waals surface area contributed by atoms with Gasteiger partial charge in [-0.2, -0.15) is 0 Å². The molecule has 0 amide bonds. The Morgan fingerprint density at radius 3 is 2.38 bits per heavy atom. The number of nitrogens with zero attached hydrogens (tertiary/aromatic N) is 2. The third kappa shape index (κ3) is 5.77. The van der Waals surface area contributed by atoms with Gasteiger partial charge in [-0.05, 0) is 42.7 Å². The fourth-order valence-corrected chi connectivity index (χ4v) is 2.70. The van der Waals surface area contributed by atoms with Gasteiger partial charge in [0.1, 0.15) is 5.75 Å². The Morgan fingerprint density at radius 1 is 1.08 bits per heavy atom. The number of rotatable bonds is 8. The molecule has 0 unspecified atom stereocenters. The number of guanidine groups is 1. The van der Waals surface area contributed by atoms with Crippen molar-refractivity contribution in [3.05, 3.63) is 65.2 Å². The van der Waals surface area contributed by atoms with Crippen LogP contribution in [0.3, 0.4) is 0 Å². The van der Waals surface area contributed by atoms with E-state index in [2.05, 4.69) is 29.3 Å². The molecule has 0 saturated heterocycles. The van der Waals surface area contributed by atoms with E-state index in [1.165, 1.54) is 5.56 Å². The van der Waals surface area contributed by atoms with Crippen LogP contribution in [0, 0.1) is 0 Å². The van der Waals surface area contributed by atoms with Crippen molar-refractivity contribution in [2.24, 2.45) is 4.99 Å². The second-order valence-corrected chi connectivity index (χ2v) is 6.03. The van der Waals surface area contributed by atoms with Gasteiger partial charge < -0.3 is 20.1 Å². The van der Waals surface area contributed by atoms with Crippen LogP contribution in [-0.4, -0.2) is 36.2 Å². The van der Waals surface area contributed by atoms with Crippen molar-refractivity contribution >= 4 is 5.96 Å². The summed E-state index contributed by atoms with van der Waals surface area (Å²) < 4.78 is 5.49. The molecule has 0 aliphatic rings. The lowest BCUT2D eigenvalue weighted by atomic mass is 10.1. The zero-order valence-electron chi connectivity index (χ0n) is 15.9. The molecule has 5 nitrogen and oxygen atoms in total. The highest BCUT2D eigenvalue weighted by atomic mass is 16.5. The van der Waals surface area contributed by atoms with Crippen molar-refractivity contribution in [2.75, 3.05) is 20.2 Å². The fraction of sp³-hybridized carbons (Fsp3) is 0.381. The van der Waals surface area contributed by atoms with E-state index in [1.807, 2.05) is 50.4 Å². The molecule has 0 spiro atoms. The van der Waals surface area contributed by atoms with Crippen LogP contribution in [0.2, 0.25) is 0 Å². The van der Waals surface area contributed by atoms with E-state index in [4.69, 9.17) is 9.73 Å². The number of aliphatic hydroxyl groups is 1. The average molecular weight is 355 g/mol. The summed E-state index contributed by atoms with van der Waals surface area (Å²) >= 11 is 0. The van der Waals surface area contributed by atoms with Crippen molar-refractivity contribution in [3.8, 4) is 5.75 Å². The van der Waals surface area contributed by atoms with Gasteiger partial charge in [-0.1, -0.05) is 36.4 Å². The van der Waals surface area contributed by atoms with Crippen LogP contribution >= 0.6 is 0 Å². The molecule has 0 aromatic heterocycles. The molecular weight excluding hydrogens is 326 g/mol. The molecule has 2 aromatic rings. The molecule has 2 aromatic carbocycles. The number of nitrogens with one attached hydrogen (secondary N) is 1. The first-order valence-corrected chi connectivity index (χ1v) is 9.06. The van der Waals surface area contributed by atoms with E-state index >= 15 is 0 Å². The minimum atomic E-state index is 0.0320. The van der Waals surface area contributed by atoms with Crippen LogP contribution in [-0.2, 0) is 19.7 Å². The van der Waals surface area contributed by atoms with Gasteiger partial charge in [0.05, 0.1) is 19.8 Å². The molecule has 0 heterocycles. The molecule has 0 aliphatic carbocycles. The maximum Gasteiger partial charge on any atom is 0.194 e. The molecule has 26 heavy (non-hydrogen) atoms. The first kappa shape index (κ1) is 19.8. The second kappa shape index (κ2) is 10.5. The number of hydrogen-bond acceptors (Lipinski definition) is 3. The summed E-state index contributed by atoms with van der Waals surface area (Å²) in [5.41, 5.74) is 3.15. The van der Waals surface area contributed by atoms with Gasteiger partial charge in [-0.25, -0.2) is 4.99 Å². The molecule has 0 atom stereocenters. The van der Waals surface area contributed by atoms with Gasteiger partial charge >= 0.3 is 0 Å². The third-order valence-corrected chi connectivity index (χ3v) is 4.04. The summed E-state index contributed by atoms with van der Waals surface area (Å²) in [5.74, 6) is 1.73. The quantitative estimate of drug-likeness (QED) is 0.564. The smallest absolute Gasteiger partial charge is 0.194 e. The van der Waals surface area contributed by atoms with E-state index in [-0.39, 0.29) is 6.61 Å². The first-order chi connectivity index (χ1) is 12.7. The third-order valence-electron chi connectivity index (χ3n) is 4.04. The van der Waals surface area contributed by atoms with E-state index in [0.29, 0.717) is 13.2 Å². The van der Waals surface area contributed by atoms with Crippen LogP contribution in [0.25, 0.3) is 0 Å². The Bertz CT molecular complexity index is 699.